The molecule has 0 spiro atoms. The average Bonchev–Trinajstić information content (AvgIpc) is 2.42. The molecule has 0 heterocycles. The molecule has 1 rings (SSSR count). The van der Waals surface area contributed by atoms with Crippen LogP contribution in [0.25, 0.3) is 0 Å². The van der Waals surface area contributed by atoms with Gasteiger partial charge in [-0.3, -0.25) is 0 Å². The first-order valence-electron chi connectivity index (χ1n) is 6.68. The summed E-state index contributed by atoms with van der Waals surface area (Å²) in [5.74, 6) is 0.913. The summed E-state index contributed by atoms with van der Waals surface area (Å²) in [4.78, 5) is 2.35. The molecule has 0 bridgehead atoms. The fraction of sp³-hybridized carbons (Fsp3) is 0.600. The summed E-state index contributed by atoms with van der Waals surface area (Å²) in [5, 5.41) is 8.70. The van der Waals surface area contributed by atoms with Crippen molar-refractivity contribution in [2.75, 3.05) is 33.9 Å². The zero-order valence-corrected chi connectivity index (χ0v) is 11.6. The van der Waals surface area contributed by atoms with Gasteiger partial charge in [0.2, 0.25) is 0 Å². The zero-order valence-electron chi connectivity index (χ0n) is 11.6. The van der Waals surface area contributed by atoms with E-state index >= 15 is 0 Å². The van der Waals surface area contributed by atoms with E-state index in [2.05, 4.69) is 24.1 Å². The van der Waals surface area contributed by atoms with Gasteiger partial charge in [0.1, 0.15) is 5.75 Å². The van der Waals surface area contributed by atoms with Gasteiger partial charge in [0, 0.05) is 13.2 Å². The first-order chi connectivity index (χ1) is 8.76. The third kappa shape index (κ3) is 6.03. The van der Waals surface area contributed by atoms with Crippen LogP contribution in [0.1, 0.15) is 24.8 Å². The van der Waals surface area contributed by atoms with Crippen molar-refractivity contribution in [1.82, 2.24) is 4.90 Å². The first-order valence-corrected chi connectivity index (χ1v) is 6.68. The molecule has 0 amide bonds. The molecule has 1 aromatic carbocycles. The number of rotatable bonds is 9. The minimum atomic E-state index is 0.315. The highest BCUT2D eigenvalue weighted by molar-refractivity contribution is 5.27. The summed E-state index contributed by atoms with van der Waals surface area (Å²) in [5.41, 5.74) is 1.35. The Labute approximate surface area is 110 Å². The number of aliphatic hydroxyl groups is 1. The van der Waals surface area contributed by atoms with Crippen molar-refractivity contribution in [2.24, 2.45) is 0 Å². The molecule has 0 aromatic heterocycles. The molecular weight excluding hydrogens is 226 g/mol. The number of aliphatic hydroxyl groups excluding tert-OH is 1. The molecule has 0 unspecified atom stereocenters. The van der Waals surface area contributed by atoms with E-state index < -0.39 is 0 Å². The van der Waals surface area contributed by atoms with Crippen molar-refractivity contribution in [2.45, 2.75) is 25.7 Å². The van der Waals surface area contributed by atoms with Gasteiger partial charge in [-0.25, -0.2) is 0 Å². The summed E-state index contributed by atoms with van der Waals surface area (Å²) in [6.45, 7) is 2.50. The molecule has 3 nitrogen and oxygen atoms in total. The minimum Gasteiger partial charge on any atom is -0.497 e. The third-order valence-corrected chi connectivity index (χ3v) is 3.14. The third-order valence-electron chi connectivity index (χ3n) is 3.14. The standard InChI is InChI=1S/C15H25NO2/c1-16(11-4-3-5-13-17)12-10-14-6-8-15(18-2)9-7-14/h6-9,17H,3-5,10-13H2,1-2H3. The van der Waals surface area contributed by atoms with Gasteiger partial charge in [0.25, 0.3) is 0 Å². The Morgan fingerprint density at radius 2 is 1.78 bits per heavy atom. The van der Waals surface area contributed by atoms with E-state index in [9.17, 15) is 0 Å². The Morgan fingerprint density at radius 3 is 2.39 bits per heavy atom. The van der Waals surface area contributed by atoms with Crippen LogP contribution in [-0.2, 0) is 6.42 Å². The highest BCUT2D eigenvalue weighted by atomic mass is 16.5. The van der Waals surface area contributed by atoms with Crippen molar-refractivity contribution in [3.63, 3.8) is 0 Å². The number of hydrogen-bond donors (Lipinski definition) is 1. The Balaban J connectivity index is 2.18. The predicted octanol–water partition coefficient (Wildman–Crippen LogP) is 2.33. The quantitative estimate of drug-likeness (QED) is 0.684. The number of hydrogen-bond acceptors (Lipinski definition) is 3. The lowest BCUT2D eigenvalue weighted by Crippen LogP contribution is -2.22. The molecular formula is C15H25NO2. The van der Waals surface area contributed by atoms with Gasteiger partial charge in [-0.15, -0.1) is 0 Å². The Bertz CT molecular complexity index is 311. The molecule has 0 atom stereocenters. The summed E-state index contributed by atoms with van der Waals surface area (Å²) < 4.78 is 5.14. The molecule has 0 aliphatic heterocycles. The van der Waals surface area contributed by atoms with E-state index in [1.807, 2.05) is 12.1 Å². The van der Waals surface area contributed by atoms with Crippen LogP contribution in [0.5, 0.6) is 5.75 Å². The van der Waals surface area contributed by atoms with Gasteiger partial charge in [0.05, 0.1) is 7.11 Å². The predicted molar refractivity (Wildman–Crippen MR) is 75.1 cm³/mol. The Kier molecular flexibility index (Phi) is 7.46. The number of nitrogens with zero attached hydrogens (tertiary/aromatic N) is 1. The number of ether oxygens (including phenoxy) is 1. The SMILES string of the molecule is COc1ccc(CCN(C)CCCCCO)cc1. The maximum absolute atomic E-state index is 8.70. The second-order valence-electron chi connectivity index (χ2n) is 4.69. The summed E-state index contributed by atoms with van der Waals surface area (Å²) in [7, 11) is 3.84. The molecule has 0 saturated carbocycles. The molecule has 102 valence electrons. The van der Waals surface area contributed by atoms with Crippen molar-refractivity contribution < 1.29 is 9.84 Å². The lowest BCUT2D eigenvalue weighted by molar-refractivity contribution is 0.273. The van der Waals surface area contributed by atoms with Crippen LogP contribution >= 0.6 is 0 Å². The summed E-state index contributed by atoms with van der Waals surface area (Å²) >= 11 is 0. The van der Waals surface area contributed by atoms with E-state index in [0.717, 1.165) is 38.1 Å². The fourth-order valence-corrected chi connectivity index (χ4v) is 1.89. The summed E-state index contributed by atoms with van der Waals surface area (Å²) in [6.07, 6.45) is 4.27. The van der Waals surface area contributed by atoms with E-state index in [1.165, 1.54) is 12.0 Å². The van der Waals surface area contributed by atoms with Crippen molar-refractivity contribution in [1.29, 1.82) is 0 Å². The highest BCUT2D eigenvalue weighted by Gasteiger charge is 2.00. The van der Waals surface area contributed by atoms with Crippen molar-refractivity contribution in [3.05, 3.63) is 29.8 Å². The van der Waals surface area contributed by atoms with Crippen LogP contribution in [0, 0.1) is 0 Å². The van der Waals surface area contributed by atoms with E-state index in [4.69, 9.17) is 9.84 Å². The molecule has 1 aromatic rings. The molecule has 0 aliphatic rings. The van der Waals surface area contributed by atoms with Crippen molar-refractivity contribution >= 4 is 0 Å². The molecule has 3 heteroatoms. The minimum absolute atomic E-state index is 0.315. The van der Waals surface area contributed by atoms with Crippen molar-refractivity contribution in [3.8, 4) is 5.75 Å². The van der Waals surface area contributed by atoms with E-state index in [0.29, 0.717) is 6.61 Å². The normalized spacial score (nSPS) is 10.9. The average molecular weight is 251 g/mol. The second kappa shape index (κ2) is 8.95. The molecule has 1 N–H and O–H groups in total. The summed E-state index contributed by atoms with van der Waals surface area (Å²) in [6, 6.07) is 8.27. The smallest absolute Gasteiger partial charge is 0.118 e. The number of likely N-dealkylation sites (N-methyl/N-ethyl adjacent to an activating group) is 1. The van der Waals surface area contributed by atoms with Gasteiger partial charge in [-0.2, -0.15) is 0 Å². The maximum atomic E-state index is 8.70. The number of benzene rings is 1. The van der Waals surface area contributed by atoms with Crippen LogP contribution in [0.2, 0.25) is 0 Å². The van der Waals surface area contributed by atoms with Gasteiger partial charge >= 0.3 is 0 Å². The zero-order chi connectivity index (χ0) is 13.2. The molecule has 0 fully saturated rings. The lowest BCUT2D eigenvalue weighted by Gasteiger charge is -2.16. The van der Waals surface area contributed by atoms with Crippen LogP contribution in [0.4, 0.5) is 0 Å². The van der Waals surface area contributed by atoms with Crippen LogP contribution in [-0.4, -0.2) is 43.9 Å². The van der Waals surface area contributed by atoms with Gasteiger partial charge in [-0.05, 0) is 57.0 Å². The molecule has 18 heavy (non-hydrogen) atoms. The number of unbranched alkanes of at least 4 members (excludes halogenated alkanes) is 2. The van der Waals surface area contributed by atoms with Crippen LogP contribution < -0.4 is 4.74 Å². The molecule has 0 radical (unpaired) electrons. The van der Waals surface area contributed by atoms with E-state index in [1.54, 1.807) is 7.11 Å². The van der Waals surface area contributed by atoms with Crippen LogP contribution in [0.15, 0.2) is 24.3 Å². The van der Waals surface area contributed by atoms with E-state index in [-0.39, 0.29) is 0 Å². The highest BCUT2D eigenvalue weighted by Crippen LogP contribution is 2.11. The topological polar surface area (TPSA) is 32.7 Å². The molecule has 0 aliphatic carbocycles. The lowest BCUT2D eigenvalue weighted by atomic mass is 10.1. The number of methoxy groups -OCH3 is 1. The Hall–Kier alpha value is -1.06. The van der Waals surface area contributed by atoms with Crippen LogP contribution in [0.3, 0.4) is 0 Å². The monoisotopic (exact) mass is 251 g/mol. The fourth-order valence-electron chi connectivity index (χ4n) is 1.89. The molecule has 0 saturated heterocycles. The first kappa shape index (κ1) is 15.0. The second-order valence-corrected chi connectivity index (χ2v) is 4.69. The Morgan fingerprint density at radius 1 is 1.06 bits per heavy atom. The largest absolute Gasteiger partial charge is 0.497 e. The van der Waals surface area contributed by atoms with Gasteiger partial charge in [-0.1, -0.05) is 12.1 Å². The van der Waals surface area contributed by atoms with Gasteiger partial charge in [0.15, 0.2) is 0 Å². The maximum Gasteiger partial charge on any atom is 0.118 e. The van der Waals surface area contributed by atoms with Gasteiger partial charge < -0.3 is 14.7 Å².